The lowest BCUT2D eigenvalue weighted by Gasteiger charge is -1.85. The second-order valence-corrected chi connectivity index (χ2v) is 2.24. The van der Waals surface area contributed by atoms with Crippen molar-refractivity contribution in [3.8, 4) is 0 Å². The normalized spacial score (nSPS) is 13.7. The number of allylic oxidation sites excluding steroid dienone is 6. The molecular formula is C10H16. The van der Waals surface area contributed by atoms with Gasteiger partial charge in [-0.25, -0.2) is 0 Å². The first-order valence-corrected chi connectivity index (χ1v) is 3.72. The third kappa shape index (κ3) is 5.36. The van der Waals surface area contributed by atoms with Crippen LogP contribution in [0.25, 0.3) is 0 Å². The van der Waals surface area contributed by atoms with Crippen LogP contribution in [0.2, 0.25) is 0 Å². The molecule has 0 N–H and O–H groups in total. The Morgan fingerprint density at radius 2 is 1.90 bits per heavy atom. The highest BCUT2D eigenvalue weighted by molar-refractivity contribution is 5.15. The maximum atomic E-state index is 2.16. The Morgan fingerprint density at radius 1 is 1.20 bits per heavy atom. The molecule has 0 aliphatic heterocycles. The quantitative estimate of drug-likeness (QED) is 0.411. The van der Waals surface area contributed by atoms with Gasteiger partial charge in [-0.1, -0.05) is 36.0 Å². The van der Waals surface area contributed by atoms with Crippen LogP contribution in [0.15, 0.2) is 36.0 Å². The van der Waals surface area contributed by atoms with E-state index in [2.05, 4.69) is 44.2 Å². The highest BCUT2D eigenvalue weighted by atomic mass is 13.8. The lowest BCUT2D eigenvalue weighted by Crippen LogP contribution is -1.64. The fourth-order valence-corrected chi connectivity index (χ4v) is 0.565. The maximum absolute atomic E-state index is 2.16. The molecular weight excluding hydrogens is 120 g/mol. The molecule has 0 radical (unpaired) electrons. The third-order valence-corrected chi connectivity index (χ3v) is 1.34. The van der Waals surface area contributed by atoms with Crippen LogP contribution < -0.4 is 0 Å². The molecule has 0 unspecified atom stereocenters. The smallest absolute Gasteiger partial charge is 0.0166 e. The molecule has 0 fully saturated rings. The first-order chi connectivity index (χ1) is 4.81. The van der Waals surface area contributed by atoms with Crippen molar-refractivity contribution in [2.75, 3.05) is 0 Å². The Kier molecular flexibility index (Phi) is 5.85. The molecule has 0 saturated heterocycles. The molecule has 0 nitrogen and oxygen atoms in total. The molecule has 0 heteroatoms. The fourth-order valence-electron chi connectivity index (χ4n) is 0.565. The molecule has 0 amide bonds. The molecule has 0 aliphatic rings. The SMILES string of the molecule is C/C=C\C/C=C\C(C)=C/C. The van der Waals surface area contributed by atoms with Crippen LogP contribution in [0.4, 0.5) is 0 Å². The number of rotatable bonds is 3. The van der Waals surface area contributed by atoms with Crippen LogP contribution in [-0.2, 0) is 0 Å². The van der Waals surface area contributed by atoms with Crippen molar-refractivity contribution in [1.82, 2.24) is 0 Å². The maximum Gasteiger partial charge on any atom is -0.0166 e. The zero-order chi connectivity index (χ0) is 7.82. The van der Waals surface area contributed by atoms with E-state index in [1.807, 2.05) is 6.92 Å². The second-order valence-electron chi connectivity index (χ2n) is 2.24. The van der Waals surface area contributed by atoms with Gasteiger partial charge in [0.15, 0.2) is 0 Å². The minimum Gasteiger partial charge on any atom is -0.0914 e. The van der Waals surface area contributed by atoms with Crippen LogP contribution in [0.5, 0.6) is 0 Å². The van der Waals surface area contributed by atoms with Gasteiger partial charge >= 0.3 is 0 Å². The van der Waals surface area contributed by atoms with E-state index in [0.29, 0.717) is 0 Å². The zero-order valence-electron chi connectivity index (χ0n) is 7.09. The van der Waals surface area contributed by atoms with Gasteiger partial charge in [0.25, 0.3) is 0 Å². The summed E-state index contributed by atoms with van der Waals surface area (Å²) in [7, 11) is 0. The second kappa shape index (κ2) is 6.34. The van der Waals surface area contributed by atoms with Crippen LogP contribution in [0, 0.1) is 0 Å². The molecule has 0 spiro atoms. The van der Waals surface area contributed by atoms with Crippen LogP contribution >= 0.6 is 0 Å². The average Bonchev–Trinajstić information content (AvgIpc) is 1.98. The molecule has 0 saturated carbocycles. The van der Waals surface area contributed by atoms with Crippen molar-refractivity contribution in [1.29, 1.82) is 0 Å². The highest BCUT2D eigenvalue weighted by Crippen LogP contribution is 1.95. The average molecular weight is 136 g/mol. The molecule has 56 valence electrons. The molecule has 0 bridgehead atoms. The largest absolute Gasteiger partial charge is 0.0914 e. The molecule has 0 aromatic heterocycles. The van der Waals surface area contributed by atoms with Crippen molar-refractivity contribution < 1.29 is 0 Å². The number of hydrogen-bond acceptors (Lipinski definition) is 0. The van der Waals surface area contributed by atoms with Gasteiger partial charge in [-0.15, -0.1) is 0 Å². The van der Waals surface area contributed by atoms with E-state index in [1.165, 1.54) is 5.57 Å². The third-order valence-electron chi connectivity index (χ3n) is 1.34. The van der Waals surface area contributed by atoms with Crippen molar-refractivity contribution in [3.05, 3.63) is 36.0 Å². The fraction of sp³-hybridized carbons (Fsp3) is 0.400. The summed E-state index contributed by atoms with van der Waals surface area (Å²) in [6, 6.07) is 0. The highest BCUT2D eigenvalue weighted by Gasteiger charge is 1.74. The molecule has 0 rings (SSSR count). The predicted molar refractivity (Wildman–Crippen MR) is 48.0 cm³/mol. The van der Waals surface area contributed by atoms with Crippen molar-refractivity contribution in [2.24, 2.45) is 0 Å². The van der Waals surface area contributed by atoms with E-state index >= 15 is 0 Å². The Balaban J connectivity index is 3.56. The van der Waals surface area contributed by atoms with Crippen molar-refractivity contribution >= 4 is 0 Å². The summed E-state index contributed by atoms with van der Waals surface area (Å²) in [6.45, 7) is 6.19. The Hall–Kier alpha value is -0.780. The molecule has 0 aromatic carbocycles. The van der Waals surface area contributed by atoms with E-state index in [-0.39, 0.29) is 0 Å². The van der Waals surface area contributed by atoms with Crippen LogP contribution in [-0.4, -0.2) is 0 Å². The van der Waals surface area contributed by atoms with Crippen LogP contribution in [0.1, 0.15) is 27.2 Å². The van der Waals surface area contributed by atoms with Gasteiger partial charge in [-0.2, -0.15) is 0 Å². The minimum absolute atomic E-state index is 1.04. The minimum atomic E-state index is 1.04. The van der Waals surface area contributed by atoms with Gasteiger partial charge in [-0.3, -0.25) is 0 Å². The van der Waals surface area contributed by atoms with Gasteiger partial charge in [0.1, 0.15) is 0 Å². The van der Waals surface area contributed by atoms with Gasteiger partial charge in [-0.05, 0) is 27.2 Å². The van der Waals surface area contributed by atoms with Crippen molar-refractivity contribution in [2.45, 2.75) is 27.2 Å². The molecule has 0 heterocycles. The van der Waals surface area contributed by atoms with E-state index in [0.717, 1.165) is 6.42 Å². The van der Waals surface area contributed by atoms with E-state index < -0.39 is 0 Å². The van der Waals surface area contributed by atoms with Gasteiger partial charge in [0, 0.05) is 0 Å². The summed E-state index contributed by atoms with van der Waals surface area (Å²) in [5, 5.41) is 0. The van der Waals surface area contributed by atoms with Gasteiger partial charge in [0.05, 0.1) is 0 Å². The summed E-state index contributed by atoms with van der Waals surface area (Å²) in [5.41, 5.74) is 1.32. The van der Waals surface area contributed by atoms with Crippen LogP contribution in [0.3, 0.4) is 0 Å². The lowest BCUT2D eigenvalue weighted by molar-refractivity contribution is 1.35. The summed E-state index contributed by atoms with van der Waals surface area (Å²) in [6.07, 6.45) is 11.7. The van der Waals surface area contributed by atoms with E-state index in [9.17, 15) is 0 Å². The zero-order valence-corrected chi connectivity index (χ0v) is 7.09. The van der Waals surface area contributed by atoms with E-state index in [4.69, 9.17) is 0 Å². The Bertz CT molecular complexity index is 147. The topological polar surface area (TPSA) is 0 Å². The Morgan fingerprint density at radius 3 is 2.40 bits per heavy atom. The molecule has 0 aromatic rings. The summed E-state index contributed by atoms with van der Waals surface area (Å²) in [5.74, 6) is 0. The monoisotopic (exact) mass is 136 g/mol. The van der Waals surface area contributed by atoms with E-state index in [1.54, 1.807) is 0 Å². The molecule has 10 heavy (non-hydrogen) atoms. The summed E-state index contributed by atoms with van der Waals surface area (Å²) < 4.78 is 0. The number of hydrogen-bond donors (Lipinski definition) is 0. The summed E-state index contributed by atoms with van der Waals surface area (Å²) >= 11 is 0. The first kappa shape index (κ1) is 9.22. The van der Waals surface area contributed by atoms with Gasteiger partial charge in [0.2, 0.25) is 0 Å². The first-order valence-electron chi connectivity index (χ1n) is 3.72. The predicted octanol–water partition coefficient (Wildman–Crippen LogP) is 3.48. The van der Waals surface area contributed by atoms with Crippen molar-refractivity contribution in [3.63, 3.8) is 0 Å². The standard InChI is InChI=1S/C10H16/c1-4-6-7-8-9-10(3)5-2/h4-6,8-9H,7H2,1-3H3/b6-4-,9-8-,10-5-. The molecule has 0 atom stereocenters. The lowest BCUT2D eigenvalue weighted by atomic mass is 10.2. The van der Waals surface area contributed by atoms with Gasteiger partial charge < -0.3 is 0 Å². The Labute approximate surface area is 64.0 Å². The summed E-state index contributed by atoms with van der Waals surface area (Å²) in [4.78, 5) is 0. The molecule has 0 aliphatic carbocycles.